The fourth-order valence-corrected chi connectivity index (χ4v) is 3.63. The summed E-state index contributed by atoms with van der Waals surface area (Å²) in [6.07, 6.45) is 0.434. The highest BCUT2D eigenvalue weighted by molar-refractivity contribution is 7.99. The van der Waals surface area contributed by atoms with Gasteiger partial charge in [-0.3, -0.25) is 4.79 Å². The number of rotatable bonds is 3. The topological polar surface area (TPSA) is 70.4 Å². The molecule has 5 nitrogen and oxygen atoms in total. The maximum absolute atomic E-state index is 12.6. The molecule has 0 saturated heterocycles. The molecule has 126 valence electrons. The molecule has 0 saturated carbocycles. The fraction of sp³-hybridized carbons (Fsp3) is 0.211. The van der Waals surface area contributed by atoms with Crippen LogP contribution in [0.15, 0.2) is 47.4 Å². The first-order chi connectivity index (χ1) is 12.1. The van der Waals surface area contributed by atoms with Gasteiger partial charge < -0.3 is 9.64 Å². The minimum Gasteiger partial charge on any atom is -0.465 e. The molecule has 1 amide bonds. The highest BCUT2D eigenvalue weighted by atomic mass is 32.2. The summed E-state index contributed by atoms with van der Waals surface area (Å²) in [5, 5.41) is 8.90. The molecule has 2 aromatic carbocycles. The lowest BCUT2D eigenvalue weighted by Gasteiger charge is -2.23. The Morgan fingerprint density at radius 2 is 2.04 bits per heavy atom. The molecule has 0 N–H and O–H groups in total. The number of benzene rings is 2. The predicted octanol–water partition coefficient (Wildman–Crippen LogP) is 3.37. The monoisotopic (exact) mass is 352 g/mol. The van der Waals surface area contributed by atoms with E-state index in [2.05, 4.69) is 6.07 Å². The van der Waals surface area contributed by atoms with Crippen LogP contribution < -0.4 is 4.90 Å². The number of ether oxygens (including phenoxy) is 1. The lowest BCUT2D eigenvalue weighted by Crippen LogP contribution is -2.30. The Bertz CT molecular complexity index is 856. The predicted molar refractivity (Wildman–Crippen MR) is 95.5 cm³/mol. The zero-order valence-electron chi connectivity index (χ0n) is 13.7. The number of fused-ring (bicyclic) bond motifs is 1. The van der Waals surface area contributed by atoms with Crippen LogP contribution >= 0.6 is 11.8 Å². The zero-order chi connectivity index (χ0) is 17.8. The molecule has 3 rings (SSSR count). The minimum absolute atomic E-state index is 0.0117. The summed E-state index contributed by atoms with van der Waals surface area (Å²) in [6.45, 7) is 0.392. The van der Waals surface area contributed by atoms with E-state index in [1.165, 1.54) is 7.11 Å². The third kappa shape index (κ3) is 3.67. The van der Waals surface area contributed by atoms with E-state index in [0.717, 1.165) is 16.1 Å². The molecular weight excluding hydrogens is 336 g/mol. The summed E-state index contributed by atoms with van der Waals surface area (Å²) in [5.74, 6) is 0.285. The highest BCUT2D eigenvalue weighted by Crippen LogP contribution is 2.36. The van der Waals surface area contributed by atoms with Crippen LogP contribution in [0.1, 0.15) is 27.9 Å². The summed E-state index contributed by atoms with van der Waals surface area (Å²) >= 11 is 1.60. The van der Waals surface area contributed by atoms with Crippen molar-refractivity contribution in [2.24, 2.45) is 0 Å². The average molecular weight is 352 g/mol. The number of thioether (sulfide) groups is 1. The Morgan fingerprint density at radius 1 is 1.28 bits per heavy atom. The number of hydrogen-bond acceptors (Lipinski definition) is 5. The van der Waals surface area contributed by atoms with Gasteiger partial charge >= 0.3 is 5.97 Å². The molecule has 1 aliphatic rings. The van der Waals surface area contributed by atoms with Gasteiger partial charge in [-0.2, -0.15) is 5.26 Å². The van der Waals surface area contributed by atoms with Gasteiger partial charge in [-0.05, 0) is 35.9 Å². The smallest absolute Gasteiger partial charge is 0.337 e. The molecule has 0 radical (unpaired) electrons. The van der Waals surface area contributed by atoms with E-state index in [9.17, 15) is 9.59 Å². The van der Waals surface area contributed by atoms with Gasteiger partial charge in [-0.1, -0.05) is 12.1 Å². The normalized spacial score (nSPS) is 13.6. The number of nitriles is 1. The molecule has 0 atom stereocenters. The Kier molecular flexibility index (Phi) is 5.05. The van der Waals surface area contributed by atoms with Gasteiger partial charge in [0.2, 0.25) is 5.91 Å². The van der Waals surface area contributed by atoms with Crippen molar-refractivity contribution >= 4 is 29.3 Å². The number of carbonyl (C=O) groups is 2. The molecular formula is C19H16N2O3S. The van der Waals surface area contributed by atoms with Gasteiger partial charge in [0, 0.05) is 17.1 Å². The van der Waals surface area contributed by atoms with Crippen LogP contribution in [0.5, 0.6) is 0 Å². The van der Waals surface area contributed by atoms with Crippen LogP contribution in [0.4, 0.5) is 5.69 Å². The number of amides is 1. The summed E-state index contributed by atoms with van der Waals surface area (Å²) < 4.78 is 4.78. The van der Waals surface area contributed by atoms with Crippen molar-refractivity contribution in [3.8, 4) is 6.07 Å². The lowest BCUT2D eigenvalue weighted by atomic mass is 10.1. The highest BCUT2D eigenvalue weighted by Gasteiger charge is 2.24. The SMILES string of the molecule is COC(=O)c1ccc2c(c1)N(Cc1ccc(C#N)cc1)C(=O)CCS2. The first kappa shape index (κ1) is 17.1. The van der Waals surface area contributed by atoms with Crippen molar-refractivity contribution in [2.75, 3.05) is 17.8 Å². The number of methoxy groups -OCH3 is 1. The van der Waals surface area contributed by atoms with Gasteiger partial charge in [0.15, 0.2) is 0 Å². The quantitative estimate of drug-likeness (QED) is 0.792. The second-order valence-corrected chi connectivity index (χ2v) is 6.70. The van der Waals surface area contributed by atoms with Crippen molar-refractivity contribution < 1.29 is 14.3 Å². The third-order valence-corrected chi connectivity index (χ3v) is 5.03. The summed E-state index contributed by atoms with van der Waals surface area (Å²) in [6, 6.07) is 14.5. The van der Waals surface area contributed by atoms with E-state index < -0.39 is 5.97 Å². The fourth-order valence-electron chi connectivity index (χ4n) is 2.65. The van der Waals surface area contributed by atoms with Gasteiger partial charge in [-0.25, -0.2) is 4.79 Å². The Balaban J connectivity index is 1.98. The van der Waals surface area contributed by atoms with Crippen LogP contribution in [0, 0.1) is 11.3 Å². The second kappa shape index (κ2) is 7.41. The average Bonchev–Trinajstić information content (AvgIpc) is 2.80. The summed E-state index contributed by atoms with van der Waals surface area (Å²) in [5.41, 5.74) is 2.64. The van der Waals surface area contributed by atoms with Gasteiger partial charge in [0.05, 0.1) is 36.5 Å². The van der Waals surface area contributed by atoms with Crippen LogP contribution in [-0.2, 0) is 16.1 Å². The van der Waals surface area contributed by atoms with Crippen LogP contribution in [0.25, 0.3) is 0 Å². The molecule has 25 heavy (non-hydrogen) atoms. The number of hydrogen-bond donors (Lipinski definition) is 0. The molecule has 0 aliphatic carbocycles. The first-order valence-corrected chi connectivity index (χ1v) is 8.75. The number of anilines is 1. The Hall–Kier alpha value is -2.78. The Morgan fingerprint density at radius 3 is 2.72 bits per heavy atom. The summed E-state index contributed by atoms with van der Waals surface area (Å²) in [7, 11) is 1.34. The number of nitrogens with zero attached hydrogens (tertiary/aromatic N) is 2. The number of carbonyl (C=O) groups excluding carboxylic acids is 2. The third-order valence-electron chi connectivity index (χ3n) is 3.97. The van der Waals surface area contributed by atoms with E-state index in [1.807, 2.05) is 18.2 Å². The first-order valence-electron chi connectivity index (χ1n) is 7.77. The van der Waals surface area contributed by atoms with Crippen LogP contribution in [0.3, 0.4) is 0 Å². The largest absolute Gasteiger partial charge is 0.465 e. The van der Waals surface area contributed by atoms with E-state index in [1.54, 1.807) is 40.9 Å². The molecule has 0 unspecified atom stereocenters. The van der Waals surface area contributed by atoms with Crippen molar-refractivity contribution in [3.63, 3.8) is 0 Å². The van der Waals surface area contributed by atoms with E-state index in [4.69, 9.17) is 10.00 Å². The van der Waals surface area contributed by atoms with Gasteiger partial charge in [0.25, 0.3) is 0 Å². The van der Waals surface area contributed by atoms with E-state index in [-0.39, 0.29) is 5.91 Å². The molecule has 2 aromatic rings. The maximum Gasteiger partial charge on any atom is 0.337 e. The molecule has 0 aromatic heterocycles. The van der Waals surface area contributed by atoms with Gasteiger partial charge in [0.1, 0.15) is 0 Å². The Labute approximate surface area is 150 Å². The molecule has 0 bridgehead atoms. The molecule has 0 fully saturated rings. The molecule has 6 heteroatoms. The van der Waals surface area contributed by atoms with E-state index >= 15 is 0 Å². The van der Waals surface area contributed by atoms with Crippen LogP contribution in [0.2, 0.25) is 0 Å². The standard InChI is InChI=1S/C19H16N2O3S/c1-24-19(23)15-6-7-17-16(10-15)21(18(22)8-9-25-17)12-14-4-2-13(11-20)3-5-14/h2-7,10H,8-9,12H2,1H3. The van der Waals surface area contributed by atoms with Crippen molar-refractivity contribution in [1.29, 1.82) is 5.26 Å². The maximum atomic E-state index is 12.6. The van der Waals surface area contributed by atoms with Crippen LogP contribution in [-0.4, -0.2) is 24.7 Å². The van der Waals surface area contributed by atoms with E-state index in [0.29, 0.717) is 29.8 Å². The van der Waals surface area contributed by atoms with Crippen molar-refractivity contribution in [3.05, 3.63) is 59.2 Å². The summed E-state index contributed by atoms with van der Waals surface area (Å²) in [4.78, 5) is 27.1. The van der Waals surface area contributed by atoms with Crippen molar-refractivity contribution in [2.45, 2.75) is 17.9 Å². The second-order valence-electron chi connectivity index (χ2n) is 5.56. The zero-order valence-corrected chi connectivity index (χ0v) is 14.5. The molecule has 1 heterocycles. The van der Waals surface area contributed by atoms with Crippen molar-refractivity contribution in [1.82, 2.24) is 0 Å². The lowest BCUT2D eigenvalue weighted by molar-refractivity contribution is -0.118. The minimum atomic E-state index is -0.428. The van der Waals surface area contributed by atoms with Gasteiger partial charge in [-0.15, -0.1) is 11.8 Å². The molecule has 0 spiro atoms. The number of esters is 1. The molecule has 1 aliphatic heterocycles.